The lowest BCUT2D eigenvalue weighted by molar-refractivity contribution is 0.359. The van der Waals surface area contributed by atoms with Crippen LogP contribution in [0.3, 0.4) is 0 Å². The Labute approximate surface area is 106 Å². The van der Waals surface area contributed by atoms with E-state index in [1.165, 1.54) is 5.56 Å². The van der Waals surface area contributed by atoms with Gasteiger partial charge in [-0.3, -0.25) is 0 Å². The summed E-state index contributed by atoms with van der Waals surface area (Å²) in [5.41, 5.74) is 1.25. The largest absolute Gasteiger partial charge is 0.356 e. The van der Waals surface area contributed by atoms with Crippen LogP contribution >= 0.6 is 0 Å². The van der Waals surface area contributed by atoms with Crippen LogP contribution in [0.2, 0.25) is 0 Å². The molecular formula is C13H17N5. The summed E-state index contributed by atoms with van der Waals surface area (Å²) in [5, 5.41) is 7.96. The smallest absolute Gasteiger partial charge is 0.131 e. The molecule has 3 heterocycles. The lowest BCUT2D eigenvalue weighted by atomic mass is 10.0. The number of aryl methyl sites for hydroxylation is 1. The summed E-state index contributed by atoms with van der Waals surface area (Å²) >= 11 is 0. The van der Waals surface area contributed by atoms with Crippen LogP contribution in [0.25, 0.3) is 0 Å². The van der Waals surface area contributed by atoms with Gasteiger partial charge in [0.1, 0.15) is 5.82 Å². The van der Waals surface area contributed by atoms with Crippen molar-refractivity contribution in [2.75, 3.05) is 18.0 Å². The average Bonchev–Trinajstić information content (AvgIpc) is 2.94. The molecule has 0 radical (unpaired) electrons. The van der Waals surface area contributed by atoms with Crippen LogP contribution in [-0.4, -0.2) is 33.1 Å². The Balaban J connectivity index is 1.69. The van der Waals surface area contributed by atoms with Gasteiger partial charge in [-0.1, -0.05) is 11.3 Å². The lowest BCUT2D eigenvalue weighted by Gasteiger charge is -2.33. The molecule has 2 aromatic heterocycles. The fourth-order valence-electron chi connectivity index (χ4n) is 2.56. The molecule has 1 saturated heterocycles. The molecule has 0 amide bonds. The summed E-state index contributed by atoms with van der Waals surface area (Å²) in [6, 6.07) is 4.58. The Morgan fingerprint density at radius 3 is 2.72 bits per heavy atom. The maximum Gasteiger partial charge on any atom is 0.131 e. The van der Waals surface area contributed by atoms with Crippen molar-refractivity contribution in [3.05, 3.63) is 36.3 Å². The first-order valence-corrected chi connectivity index (χ1v) is 6.37. The van der Waals surface area contributed by atoms with Crippen molar-refractivity contribution >= 4 is 5.82 Å². The number of rotatable bonds is 2. The predicted octanol–water partition coefficient (Wildman–Crippen LogP) is 1.82. The van der Waals surface area contributed by atoms with Crippen LogP contribution in [0, 0.1) is 6.92 Å². The molecule has 0 spiro atoms. The van der Waals surface area contributed by atoms with E-state index in [0.717, 1.165) is 31.7 Å². The van der Waals surface area contributed by atoms with E-state index in [4.69, 9.17) is 0 Å². The summed E-state index contributed by atoms with van der Waals surface area (Å²) in [7, 11) is 0. The van der Waals surface area contributed by atoms with E-state index in [2.05, 4.69) is 33.2 Å². The summed E-state index contributed by atoms with van der Waals surface area (Å²) in [4.78, 5) is 6.84. The molecule has 1 aliphatic rings. The van der Waals surface area contributed by atoms with Crippen molar-refractivity contribution in [1.29, 1.82) is 0 Å². The third-order valence-electron chi connectivity index (χ3n) is 3.56. The number of piperidine rings is 1. The Hall–Kier alpha value is -1.91. The van der Waals surface area contributed by atoms with Crippen molar-refractivity contribution in [2.45, 2.75) is 25.8 Å². The second-order valence-corrected chi connectivity index (χ2v) is 4.75. The molecule has 5 nitrogen and oxygen atoms in total. The first-order chi connectivity index (χ1) is 8.84. The first kappa shape index (κ1) is 11.2. The van der Waals surface area contributed by atoms with Crippen LogP contribution in [-0.2, 0) is 0 Å². The van der Waals surface area contributed by atoms with E-state index < -0.39 is 0 Å². The molecule has 0 saturated carbocycles. The molecule has 3 rings (SSSR count). The Morgan fingerprint density at radius 1 is 1.22 bits per heavy atom. The van der Waals surface area contributed by atoms with Crippen LogP contribution in [0.1, 0.15) is 24.4 Å². The fraction of sp³-hybridized carbons (Fsp3) is 0.462. The molecule has 0 bridgehead atoms. The van der Waals surface area contributed by atoms with Crippen LogP contribution in [0.15, 0.2) is 30.7 Å². The van der Waals surface area contributed by atoms with Gasteiger partial charge in [0.05, 0.1) is 12.2 Å². The van der Waals surface area contributed by atoms with Crippen molar-refractivity contribution in [3.63, 3.8) is 0 Å². The van der Waals surface area contributed by atoms with Gasteiger partial charge >= 0.3 is 0 Å². The highest BCUT2D eigenvalue weighted by Gasteiger charge is 2.22. The average molecular weight is 243 g/mol. The minimum Gasteiger partial charge on any atom is -0.356 e. The number of hydrogen-bond donors (Lipinski definition) is 0. The van der Waals surface area contributed by atoms with Gasteiger partial charge in [-0.15, -0.1) is 5.10 Å². The van der Waals surface area contributed by atoms with Gasteiger partial charge < -0.3 is 4.90 Å². The fourth-order valence-corrected chi connectivity index (χ4v) is 2.56. The van der Waals surface area contributed by atoms with E-state index in [9.17, 15) is 0 Å². The number of nitrogens with zero attached hydrogens (tertiary/aromatic N) is 5. The minimum absolute atomic E-state index is 0.479. The number of aromatic nitrogens is 4. The highest BCUT2D eigenvalue weighted by atomic mass is 15.4. The van der Waals surface area contributed by atoms with Gasteiger partial charge in [0, 0.05) is 25.5 Å². The van der Waals surface area contributed by atoms with E-state index in [0.29, 0.717) is 6.04 Å². The van der Waals surface area contributed by atoms with Crippen molar-refractivity contribution < 1.29 is 0 Å². The minimum atomic E-state index is 0.479. The maximum atomic E-state index is 4.48. The zero-order valence-electron chi connectivity index (χ0n) is 10.5. The van der Waals surface area contributed by atoms with Gasteiger partial charge in [-0.2, -0.15) is 0 Å². The normalized spacial score (nSPS) is 17.1. The molecule has 18 heavy (non-hydrogen) atoms. The molecule has 1 aliphatic heterocycles. The molecule has 1 fully saturated rings. The van der Waals surface area contributed by atoms with Crippen molar-refractivity contribution in [2.24, 2.45) is 0 Å². The number of anilines is 1. The second kappa shape index (κ2) is 4.76. The van der Waals surface area contributed by atoms with E-state index in [-0.39, 0.29) is 0 Å². The summed E-state index contributed by atoms with van der Waals surface area (Å²) in [6.07, 6.45) is 7.76. The quantitative estimate of drug-likeness (QED) is 0.807. The standard InChI is InChI=1S/C13H17N5/c1-11-3-2-6-14-13(11)17-8-4-12(5-9-17)18-10-7-15-16-18/h2-3,6-7,10,12H,4-5,8-9H2,1H3. The van der Waals surface area contributed by atoms with Crippen molar-refractivity contribution in [3.8, 4) is 0 Å². The van der Waals surface area contributed by atoms with Gasteiger partial charge in [0.2, 0.25) is 0 Å². The van der Waals surface area contributed by atoms with Crippen LogP contribution in [0.5, 0.6) is 0 Å². The third kappa shape index (κ3) is 2.08. The van der Waals surface area contributed by atoms with E-state index >= 15 is 0 Å². The highest BCUT2D eigenvalue weighted by molar-refractivity contribution is 5.46. The van der Waals surface area contributed by atoms with Gasteiger partial charge in [0.15, 0.2) is 0 Å². The SMILES string of the molecule is Cc1cccnc1N1CCC(n2ccnn2)CC1. The summed E-state index contributed by atoms with van der Waals surface area (Å²) < 4.78 is 1.97. The summed E-state index contributed by atoms with van der Waals surface area (Å²) in [6.45, 7) is 4.18. The molecule has 2 aromatic rings. The summed E-state index contributed by atoms with van der Waals surface area (Å²) in [5.74, 6) is 1.12. The Morgan fingerprint density at radius 2 is 2.06 bits per heavy atom. The van der Waals surface area contributed by atoms with Gasteiger partial charge in [-0.25, -0.2) is 9.67 Å². The highest BCUT2D eigenvalue weighted by Crippen LogP contribution is 2.26. The first-order valence-electron chi connectivity index (χ1n) is 6.37. The van der Waals surface area contributed by atoms with E-state index in [1.54, 1.807) is 6.20 Å². The topological polar surface area (TPSA) is 46.8 Å². The van der Waals surface area contributed by atoms with Gasteiger partial charge in [-0.05, 0) is 31.4 Å². The number of hydrogen-bond acceptors (Lipinski definition) is 4. The molecule has 0 unspecified atom stereocenters. The van der Waals surface area contributed by atoms with E-state index in [1.807, 2.05) is 23.1 Å². The zero-order chi connectivity index (χ0) is 12.4. The second-order valence-electron chi connectivity index (χ2n) is 4.75. The maximum absolute atomic E-state index is 4.48. The van der Waals surface area contributed by atoms with Crippen molar-refractivity contribution in [1.82, 2.24) is 20.0 Å². The molecule has 0 N–H and O–H groups in total. The molecule has 0 aromatic carbocycles. The molecule has 94 valence electrons. The molecule has 5 heteroatoms. The predicted molar refractivity (Wildman–Crippen MR) is 69.5 cm³/mol. The third-order valence-corrected chi connectivity index (χ3v) is 3.56. The lowest BCUT2D eigenvalue weighted by Crippen LogP contribution is -2.35. The zero-order valence-corrected chi connectivity index (χ0v) is 10.5. The van der Waals surface area contributed by atoms with Crippen LogP contribution < -0.4 is 4.90 Å². The number of pyridine rings is 1. The molecule has 0 aliphatic carbocycles. The Bertz CT molecular complexity index is 500. The van der Waals surface area contributed by atoms with Gasteiger partial charge in [0.25, 0.3) is 0 Å². The molecular weight excluding hydrogens is 226 g/mol. The monoisotopic (exact) mass is 243 g/mol. The molecule has 0 atom stereocenters. The van der Waals surface area contributed by atoms with Crippen LogP contribution in [0.4, 0.5) is 5.82 Å². The Kier molecular flexibility index (Phi) is 2.96.